The summed E-state index contributed by atoms with van der Waals surface area (Å²) in [4.78, 5) is 11.8. The molecule has 0 aliphatic carbocycles. The Labute approximate surface area is 177 Å². The van der Waals surface area contributed by atoms with E-state index in [0.29, 0.717) is 36.8 Å². The Balaban J connectivity index is 2.20. The van der Waals surface area contributed by atoms with Crippen LogP contribution < -0.4 is 0 Å². The van der Waals surface area contributed by atoms with Crippen LogP contribution in [0, 0.1) is 0 Å². The second-order valence-electron chi connectivity index (χ2n) is 7.70. The lowest BCUT2D eigenvalue weighted by Crippen LogP contribution is -2.07. The van der Waals surface area contributed by atoms with E-state index in [1.807, 2.05) is 43.3 Å². The van der Waals surface area contributed by atoms with Crippen molar-refractivity contribution in [2.45, 2.75) is 52.1 Å². The minimum absolute atomic E-state index is 0.119. The Bertz CT molecular complexity index is 928. The molecule has 0 saturated carbocycles. The van der Waals surface area contributed by atoms with Gasteiger partial charge in [-0.15, -0.1) is 0 Å². The van der Waals surface area contributed by atoms with Crippen LogP contribution in [0.5, 0.6) is 11.5 Å². The predicted molar refractivity (Wildman–Crippen MR) is 118 cm³/mol. The van der Waals surface area contributed by atoms with Crippen molar-refractivity contribution in [1.29, 1.82) is 0 Å². The van der Waals surface area contributed by atoms with Gasteiger partial charge in [0.15, 0.2) is 0 Å². The molecule has 0 aliphatic rings. The molecule has 30 heavy (non-hydrogen) atoms. The van der Waals surface area contributed by atoms with Crippen LogP contribution >= 0.6 is 0 Å². The van der Waals surface area contributed by atoms with Gasteiger partial charge in [-0.2, -0.15) is 0 Å². The van der Waals surface area contributed by atoms with Crippen LogP contribution in [-0.4, -0.2) is 32.5 Å². The summed E-state index contributed by atoms with van der Waals surface area (Å²) in [5.74, 6) is -1.73. The topological polar surface area (TPSA) is 98.0 Å². The quantitative estimate of drug-likeness (QED) is 0.422. The number of allylic oxidation sites excluding steroid dienone is 2. The predicted octanol–water partition coefficient (Wildman–Crippen LogP) is 4.79. The van der Waals surface area contributed by atoms with Crippen LogP contribution in [0.4, 0.5) is 0 Å². The first kappa shape index (κ1) is 23.2. The lowest BCUT2D eigenvalue weighted by molar-refractivity contribution is 0.0692. The third-order valence-corrected chi connectivity index (χ3v) is 5.24. The molecule has 2 aromatic carbocycles. The zero-order chi connectivity index (χ0) is 22.3. The first-order valence-electron chi connectivity index (χ1n) is 10.0. The number of rotatable bonds is 10. The molecule has 0 aliphatic heterocycles. The highest BCUT2D eigenvalue weighted by Crippen LogP contribution is 2.35. The Hall–Kier alpha value is -3.05. The smallest absolute Gasteiger partial charge is 0.339 e. The molecule has 0 fully saturated rings. The van der Waals surface area contributed by atoms with Gasteiger partial charge in [-0.25, -0.2) is 4.79 Å². The number of hydrogen-bond donors (Lipinski definition) is 4. The van der Waals surface area contributed by atoms with Gasteiger partial charge in [0.25, 0.3) is 0 Å². The standard InChI is InChI=1S/C25H30O5/c1-16(2)21(26)14-10-17(3)9-13-20-22(27)15-19(23(24(20)28)25(29)30)12-11-18-7-5-4-6-8-18/h4-9,15,21,26-28H,1,10-14H2,2-3H3,(H,29,30)/b17-9+/t21-/m0/s1. The molecule has 0 heterocycles. The number of aliphatic hydroxyl groups is 1. The molecule has 0 spiro atoms. The second kappa shape index (κ2) is 10.6. The number of aliphatic hydroxyl groups excluding tert-OH is 1. The van der Waals surface area contributed by atoms with Gasteiger partial charge in [0.2, 0.25) is 0 Å². The molecule has 0 saturated heterocycles. The van der Waals surface area contributed by atoms with Crippen LogP contribution in [0.15, 0.2) is 60.2 Å². The van der Waals surface area contributed by atoms with E-state index in [2.05, 4.69) is 6.58 Å². The van der Waals surface area contributed by atoms with Crippen molar-refractivity contribution < 1.29 is 25.2 Å². The van der Waals surface area contributed by atoms with Crippen molar-refractivity contribution in [3.05, 3.63) is 82.5 Å². The van der Waals surface area contributed by atoms with E-state index in [9.17, 15) is 25.2 Å². The molecule has 5 nitrogen and oxygen atoms in total. The highest BCUT2D eigenvalue weighted by molar-refractivity contribution is 5.93. The zero-order valence-corrected chi connectivity index (χ0v) is 17.6. The van der Waals surface area contributed by atoms with Gasteiger partial charge >= 0.3 is 5.97 Å². The van der Waals surface area contributed by atoms with E-state index in [0.717, 1.165) is 11.1 Å². The van der Waals surface area contributed by atoms with Gasteiger partial charge in [0.05, 0.1) is 6.10 Å². The van der Waals surface area contributed by atoms with E-state index in [1.54, 1.807) is 6.92 Å². The average molecular weight is 411 g/mol. The summed E-state index contributed by atoms with van der Waals surface area (Å²) in [6.45, 7) is 7.39. The number of benzene rings is 2. The monoisotopic (exact) mass is 410 g/mol. The Morgan fingerprint density at radius 2 is 1.80 bits per heavy atom. The van der Waals surface area contributed by atoms with Gasteiger partial charge in [-0.05, 0) is 63.1 Å². The van der Waals surface area contributed by atoms with Crippen molar-refractivity contribution in [2.24, 2.45) is 0 Å². The summed E-state index contributed by atoms with van der Waals surface area (Å²) < 4.78 is 0. The molecule has 2 aromatic rings. The number of carboxylic acid groups (broad SMARTS) is 1. The molecular weight excluding hydrogens is 380 g/mol. The van der Waals surface area contributed by atoms with E-state index in [1.165, 1.54) is 6.07 Å². The van der Waals surface area contributed by atoms with Gasteiger partial charge in [0.1, 0.15) is 17.1 Å². The Morgan fingerprint density at radius 3 is 2.40 bits per heavy atom. The second-order valence-corrected chi connectivity index (χ2v) is 7.70. The van der Waals surface area contributed by atoms with Gasteiger partial charge in [0, 0.05) is 5.56 Å². The largest absolute Gasteiger partial charge is 0.508 e. The fourth-order valence-corrected chi connectivity index (χ4v) is 3.30. The minimum Gasteiger partial charge on any atom is -0.508 e. The Kier molecular flexibility index (Phi) is 8.25. The maximum atomic E-state index is 11.8. The fraction of sp³-hybridized carbons (Fsp3) is 0.320. The maximum absolute atomic E-state index is 11.8. The molecule has 1 atom stereocenters. The van der Waals surface area contributed by atoms with E-state index >= 15 is 0 Å². The summed E-state index contributed by atoms with van der Waals surface area (Å²) in [6, 6.07) is 11.1. The SMILES string of the molecule is C=C(C)[C@@H](O)CC/C(C)=C/Cc1c(O)cc(CCc2ccccc2)c(C(=O)O)c1O. The third kappa shape index (κ3) is 6.22. The third-order valence-electron chi connectivity index (χ3n) is 5.24. The Morgan fingerprint density at radius 1 is 1.13 bits per heavy atom. The number of aromatic carboxylic acids is 1. The molecule has 0 radical (unpaired) electrons. The normalized spacial score (nSPS) is 12.6. The zero-order valence-electron chi connectivity index (χ0n) is 17.6. The first-order valence-corrected chi connectivity index (χ1v) is 10.0. The molecule has 0 aromatic heterocycles. The summed E-state index contributed by atoms with van der Waals surface area (Å²) in [5, 5.41) is 40.5. The molecule has 0 bridgehead atoms. The summed E-state index contributed by atoms with van der Waals surface area (Å²) in [5.41, 5.74) is 3.15. The molecular formula is C25H30O5. The summed E-state index contributed by atoms with van der Waals surface area (Å²) in [6.07, 6.45) is 3.62. The van der Waals surface area contributed by atoms with Crippen molar-refractivity contribution in [1.82, 2.24) is 0 Å². The molecule has 0 amide bonds. The van der Waals surface area contributed by atoms with Crippen LogP contribution in [0.2, 0.25) is 0 Å². The first-order chi connectivity index (χ1) is 14.2. The van der Waals surface area contributed by atoms with Crippen LogP contribution in [0.1, 0.15) is 53.7 Å². The number of phenols is 2. The maximum Gasteiger partial charge on any atom is 0.339 e. The van der Waals surface area contributed by atoms with Crippen molar-refractivity contribution in [2.75, 3.05) is 0 Å². The van der Waals surface area contributed by atoms with E-state index in [-0.39, 0.29) is 23.3 Å². The van der Waals surface area contributed by atoms with Crippen molar-refractivity contribution in [3.8, 4) is 11.5 Å². The summed E-state index contributed by atoms with van der Waals surface area (Å²) in [7, 11) is 0. The highest BCUT2D eigenvalue weighted by atomic mass is 16.4. The number of aromatic hydroxyl groups is 2. The number of carboxylic acids is 1. The minimum atomic E-state index is -1.22. The van der Waals surface area contributed by atoms with Crippen LogP contribution in [0.25, 0.3) is 0 Å². The molecule has 5 heteroatoms. The molecule has 4 N–H and O–H groups in total. The van der Waals surface area contributed by atoms with Gasteiger partial charge in [-0.3, -0.25) is 0 Å². The van der Waals surface area contributed by atoms with Gasteiger partial charge in [-0.1, -0.05) is 54.1 Å². The summed E-state index contributed by atoms with van der Waals surface area (Å²) >= 11 is 0. The van der Waals surface area contributed by atoms with Crippen LogP contribution in [-0.2, 0) is 19.3 Å². The van der Waals surface area contributed by atoms with E-state index in [4.69, 9.17) is 0 Å². The van der Waals surface area contributed by atoms with Gasteiger partial charge < -0.3 is 20.4 Å². The molecule has 2 rings (SSSR count). The lowest BCUT2D eigenvalue weighted by atomic mass is 9.94. The highest BCUT2D eigenvalue weighted by Gasteiger charge is 2.21. The van der Waals surface area contributed by atoms with E-state index < -0.39 is 17.8 Å². The fourth-order valence-electron chi connectivity index (χ4n) is 3.30. The number of phenolic OH excluding ortho intramolecular Hbond substituents is 1. The lowest BCUT2D eigenvalue weighted by Gasteiger charge is -2.14. The van der Waals surface area contributed by atoms with Crippen LogP contribution in [0.3, 0.4) is 0 Å². The molecule has 160 valence electrons. The number of hydrogen-bond acceptors (Lipinski definition) is 4. The number of carbonyl (C=O) groups is 1. The average Bonchev–Trinajstić information content (AvgIpc) is 2.70. The number of aryl methyl sites for hydroxylation is 2. The molecule has 0 unspecified atom stereocenters. The van der Waals surface area contributed by atoms with Crippen molar-refractivity contribution in [3.63, 3.8) is 0 Å². The van der Waals surface area contributed by atoms with Crippen molar-refractivity contribution >= 4 is 5.97 Å².